The molecule has 4 heteroatoms. The van der Waals surface area contributed by atoms with Crippen molar-refractivity contribution >= 4 is 5.97 Å². The van der Waals surface area contributed by atoms with E-state index >= 15 is 0 Å². The van der Waals surface area contributed by atoms with Gasteiger partial charge in [-0.2, -0.15) is 0 Å². The highest BCUT2D eigenvalue weighted by Gasteiger charge is 2.35. The van der Waals surface area contributed by atoms with E-state index in [-0.39, 0.29) is 18.5 Å². The third-order valence-electron chi connectivity index (χ3n) is 2.36. The molecule has 0 heterocycles. The third kappa shape index (κ3) is 3.64. The number of hydrogen-bond acceptors (Lipinski definition) is 4. The van der Waals surface area contributed by atoms with Crippen molar-refractivity contribution in [1.82, 2.24) is 0 Å². The first-order valence-electron chi connectivity index (χ1n) is 4.92. The van der Waals surface area contributed by atoms with E-state index in [2.05, 4.69) is 4.89 Å². The molecular formula is C10H20O4. The van der Waals surface area contributed by atoms with Gasteiger partial charge in [-0.1, -0.05) is 20.8 Å². The highest BCUT2D eigenvalue weighted by Crippen LogP contribution is 2.30. The molecule has 0 rings (SSSR count). The second kappa shape index (κ2) is 5.98. The molecule has 0 radical (unpaired) electrons. The van der Waals surface area contributed by atoms with Crippen LogP contribution in [0.15, 0.2) is 0 Å². The Morgan fingerprint density at radius 1 is 1.43 bits per heavy atom. The van der Waals surface area contributed by atoms with Crippen molar-refractivity contribution < 1.29 is 19.7 Å². The summed E-state index contributed by atoms with van der Waals surface area (Å²) in [7, 11) is 0. The van der Waals surface area contributed by atoms with E-state index in [1.165, 1.54) is 0 Å². The summed E-state index contributed by atoms with van der Waals surface area (Å²) in [5.74, 6) is -0.466. The van der Waals surface area contributed by atoms with Gasteiger partial charge >= 0.3 is 5.97 Å². The summed E-state index contributed by atoms with van der Waals surface area (Å²) >= 11 is 0. The predicted molar refractivity (Wildman–Crippen MR) is 52.8 cm³/mol. The maximum absolute atomic E-state index is 11.5. The van der Waals surface area contributed by atoms with E-state index in [0.717, 1.165) is 0 Å². The lowest BCUT2D eigenvalue weighted by atomic mass is 9.78. The molecule has 0 spiro atoms. The van der Waals surface area contributed by atoms with E-state index in [9.17, 15) is 4.79 Å². The van der Waals surface area contributed by atoms with E-state index in [0.29, 0.717) is 13.0 Å². The average Bonchev–Trinajstić information content (AvgIpc) is 2.04. The van der Waals surface area contributed by atoms with Crippen LogP contribution in [0.2, 0.25) is 0 Å². The normalized spacial score (nSPS) is 13.8. The monoisotopic (exact) mass is 204 g/mol. The van der Waals surface area contributed by atoms with Gasteiger partial charge in [-0.25, -0.2) is 4.89 Å². The fourth-order valence-electron chi connectivity index (χ4n) is 1.55. The predicted octanol–water partition coefficient (Wildman–Crippen LogP) is 2.09. The SMILES string of the molecule is CCOC(=O)C(CC)C(C)(C)COO. The number of hydrogen-bond donors (Lipinski definition) is 1. The molecule has 0 saturated carbocycles. The number of carbonyl (C=O) groups excluding carboxylic acids is 1. The summed E-state index contributed by atoms with van der Waals surface area (Å²) in [4.78, 5) is 15.6. The molecule has 0 bridgehead atoms. The van der Waals surface area contributed by atoms with E-state index in [1.807, 2.05) is 20.8 Å². The highest BCUT2D eigenvalue weighted by molar-refractivity contribution is 5.73. The molecule has 0 amide bonds. The molecule has 0 aromatic rings. The van der Waals surface area contributed by atoms with Gasteiger partial charge in [0.2, 0.25) is 0 Å². The van der Waals surface area contributed by atoms with Gasteiger partial charge in [-0.3, -0.25) is 10.1 Å². The molecule has 0 fully saturated rings. The molecule has 0 aliphatic heterocycles. The summed E-state index contributed by atoms with van der Waals surface area (Å²) in [5.41, 5.74) is -0.407. The van der Waals surface area contributed by atoms with Crippen LogP contribution in [0.5, 0.6) is 0 Å². The molecule has 0 aromatic heterocycles. The molecule has 1 atom stereocenters. The molecule has 0 aliphatic carbocycles. The first kappa shape index (κ1) is 13.4. The smallest absolute Gasteiger partial charge is 0.309 e. The van der Waals surface area contributed by atoms with Crippen molar-refractivity contribution in [3.63, 3.8) is 0 Å². The second-order valence-electron chi connectivity index (χ2n) is 3.97. The lowest BCUT2D eigenvalue weighted by Crippen LogP contribution is -2.35. The van der Waals surface area contributed by atoms with Crippen LogP contribution in [-0.2, 0) is 14.4 Å². The summed E-state index contributed by atoms with van der Waals surface area (Å²) in [6, 6.07) is 0. The average molecular weight is 204 g/mol. The lowest BCUT2D eigenvalue weighted by molar-refractivity contribution is -0.264. The first-order chi connectivity index (χ1) is 6.49. The van der Waals surface area contributed by atoms with Crippen LogP contribution < -0.4 is 0 Å². The summed E-state index contributed by atoms with van der Waals surface area (Å²) < 4.78 is 4.95. The van der Waals surface area contributed by atoms with Gasteiger partial charge in [0.1, 0.15) is 0 Å². The first-order valence-corrected chi connectivity index (χ1v) is 4.92. The van der Waals surface area contributed by atoms with Crippen LogP contribution in [0, 0.1) is 11.3 Å². The van der Waals surface area contributed by atoms with Crippen LogP contribution in [0.1, 0.15) is 34.1 Å². The van der Waals surface area contributed by atoms with Crippen molar-refractivity contribution in [2.45, 2.75) is 34.1 Å². The minimum Gasteiger partial charge on any atom is -0.466 e. The van der Waals surface area contributed by atoms with Gasteiger partial charge in [-0.05, 0) is 13.3 Å². The molecule has 1 unspecified atom stereocenters. The van der Waals surface area contributed by atoms with E-state index in [4.69, 9.17) is 9.99 Å². The second-order valence-corrected chi connectivity index (χ2v) is 3.97. The van der Waals surface area contributed by atoms with Crippen LogP contribution in [-0.4, -0.2) is 24.4 Å². The zero-order chi connectivity index (χ0) is 11.2. The van der Waals surface area contributed by atoms with E-state index in [1.54, 1.807) is 6.92 Å². The molecular weight excluding hydrogens is 184 g/mol. The number of esters is 1. The Morgan fingerprint density at radius 3 is 2.36 bits per heavy atom. The van der Waals surface area contributed by atoms with Crippen LogP contribution in [0.4, 0.5) is 0 Å². The molecule has 0 aromatic carbocycles. The van der Waals surface area contributed by atoms with Crippen LogP contribution in [0.3, 0.4) is 0 Å². The largest absolute Gasteiger partial charge is 0.466 e. The van der Waals surface area contributed by atoms with Crippen molar-refractivity contribution in [2.24, 2.45) is 11.3 Å². The molecule has 0 saturated heterocycles. The minimum atomic E-state index is -0.407. The molecule has 1 N–H and O–H groups in total. The summed E-state index contributed by atoms with van der Waals surface area (Å²) in [6.45, 7) is 7.94. The Kier molecular flexibility index (Phi) is 5.72. The van der Waals surface area contributed by atoms with Gasteiger partial charge in [0.05, 0.1) is 19.1 Å². The van der Waals surface area contributed by atoms with Crippen LogP contribution >= 0.6 is 0 Å². The van der Waals surface area contributed by atoms with Gasteiger partial charge < -0.3 is 4.74 Å². The third-order valence-corrected chi connectivity index (χ3v) is 2.36. The summed E-state index contributed by atoms with van der Waals surface area (Å²) in [6.07, 6.45) is 0.676. The quantitative estimate of drug-likeness (QED) is 0.409. The van der Waals surface area contributed by atoms with Crippen LogP contribution in [0.25, 0.3) is 0 Å². The van der Waals surface area contributed by atoms with Gasteiger partial charge in [-0.15, -0.1) is 0 Å². The fraction of sp³-hybridized carbons (Fsp3) is 0.900. The van der Waals surface area contributed by atoms with Gasteiger partial charge in [0.15, 0.2) is 0 Å². The molecule has 14 heavy (non-hydrogen) atoms. The Hall–Kier alpha value is -0.610. The van der Waals surface area contributed by atoms with Crippen molar-refractivity contribution in [1.29, 1.82) is 0 Å². The fourth-order valence-corrected chi connectivity index (χ4v) is 1.55. The molecule has 4 nitrogen and oxygen atoms in total. The zero-order valence-electron chi connectivity index (χ0n) is 9.37. The Balaban J connectivity index is 4.44. The van der Waals surface area contributed by atoms with Crippen molar-refractivity contribution in [3.05, 3.63) is 0 Å². The molecule has 0 aliphatic rings. The van der Waals surface area contributed by atoms with Crippen molar-refractivity contribution in [3.8, 4) is 0 Å². The minimum absolute atomic E-state index is 0.129. The number of ether oxygens (including phenoxy) is 1. The van der Waals surface area contributed by atoms with Crippen molar-refractivity contribution in [2.75, 3.05) is 13.2 Å². The number of rotatable bonds is 6. The zero-order valence-corrected chi connectivity index (χ0v) is 9.37. The molecule has 84 valence electrons. The highest BCUT2D eigenvalue weighted by atomic mass is 17.1. The summed E-state index contributed by atoms with van der Waals surface area (Å²) in [5, 5.41) is 8.41. The Labute approximate surface area is 85.1 Å². The van der Waals surface area contributed by atoms with Gasteiger partial charge in [0.25, 0.3) is 0 Å². The standard InChI is InChI=1S/C10H20O4/c1-5-8(9(11)13-6-2)10(3,4)7-14-12/h8,12H,5-7H2,1-4H3. The van der Waals surface area contributed by atoms with E-state index < -0.39 is 5.41 Å². The maximum atomic E-state index is 11.5. The number of carbonyl (C=O) groups is 1. The maximum Gasteiger partial charge on any atom is 0.309 e. The Morgan fingerprint density at radius 2 is 2.00 bits per heavy atom. The Bertz CT molecular complexity index is 177. The van der Waals surface area contributed by atoms with Gasteiger partial charge in [0, 0.05) is 5.41 Å². The topological polar surface area (TPSA) is 55.8 Å². The lowest BCUT2D eigenvalue weighted by Gasteiger charge is -2.30.